The van der Waals surface area contributed by atoms with Crippen molar-refractivity contribution in [3.05, 3.63) is 46.3 Å². The minimum absolute atomic E-state index is 0.107. The number of carbonyl (C=O) groups is 3. The Kier molecular flexibility index (Phi) is 7.90. The lowest BCUT2D eigenvalue weighted by Crippen LogP contribution is -2.19. The Bertz CT molecular complexity index is 925. The van der Waals surface area contributed by atoms with Gasteiger partial charge in [0.05, 0.1) is 16.6 Å². The quantitative estimate of drug-likeness (QED) is 0.531. The molecule has 0 spiro atoms. The van der Waals surface area contributed by atoms with Crippen LogP contribution in [0.25, 0.3) is 0 Å². The SMILES string of the molecule is CCc1cc(C(=O)c2ccc(OC(F)(F)F)cc2)c(NC(=O)CSC(C)C(=O)O)s1. The first-order valence-electron chi connectivity index (χ1n) is 8.67. The fourth-order valence-electron chi connectivity index (χ4n) is 2.28. The molecule has 11 heteroatoms. The van der Waals surface area contributed by atoms with Crippen LogP contribution in [-0.2, 0) is 16.0 Å². The summed E-state index contributed by atoms with van der Waals surface area (Å²) in [7, 11) is 0. The van der Waals surface area contributed by atoms with E-state index >= 15 is 0 Å². The number of amides is 1. The second kappa shape index (κ2) is 9.98. The second-order valence-electron chi connectivity index (χ2n) is 6.05. The number of benzene rings is 1. The van der Waals surface area contributed by atoms with Crippen LogP contribution in [0.4, 0.5) is 18.2 Å². The third-order valence-corrected chi connectivity index (χ3v) is 6.12. The van der Waals surface area contributed by atoms with Crippen molar-refractivity contribution < 1.29 is 37.4 Å². The highest BCUT2D eigenvalue weighted by atomic mass is 32.2. The van der Waals surface area contributed by atoms with Gasteiger partial charge in [0.25, 0.3) is 0 Å². The van der Waals surface area contributed by atoms with Gasteiger partial charge in [0.15, 0.2) is 5.78 Å². The van der Waals surface area contributed by atoms with Crippen LogP contribution in [0.15, 0.2) is 30.3 Å². The number of hydrogen-bond acceptors (Lipinski definition) is 6. The molecule has 2 aromatic rings. The minimum atomic E-state index is -4.83. The van der Waals surface area contributed by atoms with E-state index in [0.29, 0.717) is 11.4 Å². The number of nitrogens with one attached hydrogen (secondary N) is 1. The van der Waals surface area contributed by atoms with E-state index < -0.39 is 35.0 Å². The van der Waals surface area contributed by atoms with Crippen LogP contribution in [0.3, 0.4) is 0 Å². The van der Waals surface area contributed by atoms with Crippen molar-refractivity contribution in [1.82, 2.24) is 0 Å². The number of rotatable bonds is 9. The number of thioether (sulfide) groups is 1. The zero-order valence-electron chi connectivity index (χ0n) is 15.9. The van der Waals surface area contributed by atoms with Crippen molar-refractivity contribution in [3.63, 3.8) is 0 Å². The summed E-state index contributed by atoms with van der Waals surface area (Å²) in [5.41, 5.74) is 0.348. The van der Waals surface area contributed by atoms with Gasteiger partial charge in [0.1, 0.15) is 10.8 Å². The van der Waals surface area contributed by atoms with Gasteiger partial charge in [-0.1, -0.05) is 6.92 Å². The summed E-state index contributed by atoms with van der Waals surface area (Å²) in [6.07, 6.45) is -4.22. The molecule has 162 valence electrons. The average Bonchev–Trinajstić information content (AvgIpc) is 3.07. The van der Waals surface area contributed by atoms with Crippen LogP contribution in [-0.4, -0.2) is 40.1 Å². The van der Waals surface area contributed by atoms with Crippen molar-refractivity contribution in [2.45, 2.75) is 31.9 Å². The third-order valence-electron chi connectivity index (χ3n) is 3.79. The number of carbonyl (C=O) groups excluding carboxylic acids is 2. The molecule has 2 N–H and O–H groups in total. The molecule has 0 saturated carbocycles. The number of ketones is 1. The number of hydrogen-bond donors (Lipinski definition) is 2. The van der Waals surface area contributed by atoms with Crippen LogP contribution >= 0.6 is 23.1 Å². The number of carboxylic acid groups (broad SMARTS) is 1. The van der Waals surface area contributed by atoms with Crippen molar-refractivity contribution in [2.24, 2.45) is 0 Å². The molecule has 0 aliphatic heterocycles. The van der Waals surface area contributed by atoms with Gasteiger partial charge in [0.2, 0.25) is 5.91 Å². The Hall–Kier alpha value is -2.53. The first-order chi connectivity index (χ1) is 14.0. The van der Waals surface area contributed by atoms with Crippen LogP contribution in [0, 0.1) is 0 Å². The number of thiophene rings is 1. The number of aryl methyl sites for hydroxylation is 1. The summed E-state index contributed by atoms with van der Waals surface area (Å²) in [5.74, 6) is -2.51. The van der Waals surface area contributed by atoms with Gasteiger partial charge in [-0.2, -0.15) is 0 Å². The van der Waals surface area contributed by atoms with E-state index in [1.54, 1.807) is 6.07 Å². The number of halogens is 3. The van der Waals surface area contributed by atoms with Gasteiger partial charge in [-0.3, -0.25) is 14.4 Å². The average molecular weight is 461 g/mol. The summed E-state index contributed by atoms with van der Waals surface area (Å²) in [5, 5.41) is 11.0. The molecule has 0 aliphatic carbocycles. The molecule has 1 unspecified atom stereocenters. The summed E-state index contributed by atoms with van der Waals surface area (Å²) in [6.45, 7) is 3.33. The number of alkyl halides is 3. The van der Waals surface area contributed by atoms with E-state index in [4.69, 9.17) is 5.11 Å². The summed E-state index contributed by atoms with van der Waals surface area (Å²) < 4.78 is 40.6. The fraction of sp³-hybridized carbons (Fsp3) is 0.316. The van der Waals surface area contributed by atoms with Crippen molar-refractivity contribution in [3.8, 4) is 5.75 Å². The van der Waals surface area contributed by atoms with E-state index in [0.717, 1.165) is 28.8 Å². The first-order valence-corrected chi connectivity index (χ1v) is 10.5. The van der Waals surface area contributed by atoms with Crippen molar-refractivity contribution in [1.29, 1.82) is 0 Å². The Morgan fingerprint density at radius 3 is 2.40 bits per heavy atom. The molecular weight excluding hydrogens is 443 g/mol. The number of carboxylic acids is 1. The Morgan fingerprint density at radius 1 is 1.23 bits per heavy atom. The van der Waals surface area contributed by atoms with Gasteiger partial charge in [0, 0.05) is 10.4 Å². The molecule has 0 aliphatic rings. The Balaban J connectivity index is 2.16. The highest BCUT2D eigenvalue weighted by molar-refractivity contribution is 8.01. The van der Waals surface area contributed by atoms with E-state index in [9.17, 15) is 27.6 Å². The molecule has 0 fully saturated rings. The largest absolute Gasteiger partial charge is 0.573 e. The molecule has 1 atom stereocenters. The Morgan fingerprint density at radius 2 is 1.87 bits per heavy atom. The minimum Gasteiger partial charge on any atom is -0.480 e. The maximum atomic E-state index is 12.8. The number of anilines is 1. The van der Waals surface area contributed by atoms with Gasteiger partial charge in [-0.15, -0.1) is 36.3 Å². The maximum Gasteiger partial charge on any atom is 0.573 e. The zero-order valence-corrected chi connectivity index (χ0v) is 17.5. The molecule has 1 aromatic carbocycles. The standard InChI is InChI=1S/C19H18F3NO5S2/c1-3-13-8-14(17(30-13)23-15(24)9-29-10(2)18(26)27)16(25)11-4-6-12(7-5-11)28-19(20,21)22/h4-8,10H,3,9H2,1-2H3,(H,23,24)(H,26,27). The highest BCUT2D eigenvalue weighted by Gasteiger charge is 2.31. The van der Waals surface area contributed by atoms with Gasteiger partial charge in [-0.25, -0.2) is 0 Å². The third kappa shape index (κ3) is 6.77. The fourth-order valence-corrected chi connectivity index (χ4v) is 3.90. The normalized spacial score (nSPS) is 12.3. The summed E-state index contributed by atoms with van der Waals surface area (Å²) >= 11 is 2.15. The molecule has 0 radical (unpaired) electrons. The van der Waals surface area contributed by atoms with Crippen LogP contribution in [0.1, 0.15) is 34.6 Å². The predicted octanol–water partition coefficient (Wildman–Crippen LogP) is 4.58. The topological polar surface area (TPSA) is 92.7 Å². The summed E-state index contributed by atoms with van der Waals surface area (Å²) in [6, 6.07) is 6.12. The first kappa shape index (κ1) is 23.7. The number of ether oxygens (including phenoxy) is 1. The van der Waals surface area contributed by atoms with Crippen molar-refractivity contribution in [2.75, 3.05) is 11.1 Å². The second-order valence-corrected chi connectivity index (χ2v) is 8.52. The van der Waals surface area contributed by atoms with E-state index in [-0.39, 0.29) is 16.9 Å². The van der Waals surface area contributed by atoms with Gasteiger partial charge < -0.3 is 15.2 Å². The van der Waals surface area contributed by atoms with Crippen molar-refractivity contribution >= 4 is 45.8 Å². The lowest BCUT2D eigenvalue weighted by atomic mass is 10.0. The molecule has 6 nitrogen and oxygen atoms in total. The van der Waals surface area contributed by atoms with Crippen LogP contribution < -0.4 is 10.1 Å². The van der Waals surface area contributed by atoms with Gasteiger partial charge in [-0.05, 0) is 43.7 Å². The van der Waals surface area contributed by atoms with Crippen LogP contribution in [0.2, 0.25) is 0 Å². The summed E-state index contributed by atoms with van der Waals surface area (Å²) in [4.78, 5) is 36.7. The highest BCUT2D eigenvalue weighted by Crippen LogP contribution is 2.31. The molecule has 1 amide bonds. The van der Waals surface area contributed by atoms with Crippen LogP contribution in [0.5, 0.6) is 5.75 Å². The molecule has 30 heavy (non-hydrogen) atoms. The lowest BCUT2D eigenvalue weighted by Gasteiger charge is -2.10. The maximum absolute atomic E-state index is 12.8. The van der Waals surface area contributed by atoms with Gasteiger partial charge >= 0.3 is 12.3 Å². The molecule has 0 bridgehead atoms. The molecule has 0 saturated heterocycles. The monoisotopic (exact) mass is 461 g/mol. The number of aliphatic carboxylic acids is 1. The lowest BCUT2D eigenvalue weighted by molar-refractivity contribution is -0.274. The Labute approximate surface area is 178 Å². The molecule has 1 aromatic heterocycles. The van der Waals surface area contributed by atoms with E-state index in [1.165, 1.54) is 30.4 Å². The molecule has 2 rings (SSSR count). The molecular formula is C19H18F3NO5S2. The smallest absolute Gasteiger partial charge is 0.480 e. The zero-order chi connectivity index (χ0) is 22.5. The molecule has 1 heterocycles. The predicted molar refractivity (Wildman–Crippen MR) is 108 cm³/mol. The van der Waals surface area contributed by atoms with E-state index in [1.807, 2.05) is 6.92 Å². The van der Waals surface area contributed by atoms with E-state index in [2.05, 4.69) is 10.1 Å².